The lowest BCUT2D eigenvalue weighted by Crippen LogP contribution is -2.37. The van der Waals surface area contributed by atoms with Crippen molar-refractivity contribution in [3.8, 4) is 11.5 Å². The largest absolute Gasteiger partial charge is 0.508 e. The van der Waals surface area contributed by atoms with E-state index in [0.29, 0.717) is 16.9 Å². The molecule has 0 fully saturated rings. The number of amides is 2. The second-order valence-electron chi connectivity index (χ2n) is 5.56. The van der Waals surface area contributed by atoms with Crippen LogP contribution in [0.5, 0.6) is 11.5 Å². The number of anilines is 1. The van der Waals surface area contributed by atoms with Crippen LogP contribution >= 0.6 is 0 Å². The Hall–Kier alpha value is -3.09. The van der Waals surface area contributed by atoms with E-state index in [-0.39, 0.29) is 11.4 Å². The lowest BCUT2D eigenvalue weighted by Gasteiger charge is -2.16. The van der Waals surface area contributed by atoms with Crippen LogP contribution in [0.2, 0.25) is 0 Å². The molecule has 25 heavy (non-hydrogen) atoms. The lowest BCUT2D eigenvalue weighted by atomic mass is 10.1. The van der Waals surface area contributed by atoms with E-state index in [0.717, 1.165) is 0 Å². The first kappa shape index (κ1) is 18.3. The summed E-state index contributed by atoms with van der Waals surface area (Å²) in [6, 6.07) is 8.15. The number of methoxy groups -OCH3 is 1. The number of hydrogen-bond donors (Lipinski definition) is 3. The minimum Gasteiger partial charge on any atom is -0.508 e. The molecule has 0 aromatic heterocycles. The summed E-state index contributed by atoms with van der Waals surface area (Å²) >= 11 is 0. The molecule has 0 saturated heterocycles. The fraction of sp³-hybridized carbons (Fsp3) is 0.222. The zero-order chi connectivity index (χ0) is 18.6. The van der Waals surface area contributed by atoms with Gasteiger partial charge >= 0.3 is 11.8 Å². The minimum absolute atomic E-state index is 0.0430. The Balaban J connectivity index is 2.06. The van der Waals surface area contributed by atoms with Crippen LogP contribution in [0.1, 0.15) is 24.1 Å². The zero-order valence-corrected chi connectivity index (χ0v) is 14.1. The van der Waals surface area contributed by atoms with Crippen molar-refractivity contribution in [2.45, 2.75) is 19.9 Å². The predicted octanol–water partition coefficient (Wildman–Crippen LogP) is 2.66. The number of aryl methyl sites for hydroxylation is 1. The van der Waals surface area contributed by atoms with Gasteiger partial charge in [-0.15, -0.1) is 0 Å². The van der Waals surface area contributed by atoms with E-state index >= 15 is 0 Å². The Kier molecular flexibility index (Phi) is 5.59. The fourth-order valence-electron chi connectivity index (χ4n) is 2.25. The molecule has 0 radical (unpaired) electrons. The fourth-order valence-corrected chi connectivity index (χ4v) is 2.25. The summed E-state index contributed by atoms with van der Waals surface area (Å²) in [5.41, 5.74) is 1.01. The van der Waals surface area contributed by atoms with E-state index in [2.05, 4.69) is 10.6 Å². The van der Waals surface area contributed by atoms with Gasteiger partial charge in [0.2, 0.25) is 0 Å². The molecule has 7 heteroatoms. The van der Waals surface area contributed by atoms with E-state index in [1.165, 1.54) is 25.3 Å². The van der Waals surface area contributed by atoms with Crippen molar-refractivity contribution < 1.29 is 23.8 Å². The normalized spacial score (nSPS) is 11.5. The minimum atomic E-state index is -1.00. The molecule has 0 aliphatic carbocycles. The number of nitrogens with one attached hydrogen (secondary N) is 2. The molecule has 0 spiro atoms. The average molecular weight is 346 g/mol. The molecular weight excluding hydrogens is 327 g/mol. The summed E-state index contributed by atoms with van der Waals surface area (Å²) in [5.74, 6) is -2.12. The van der Waals surface area contributed by atoms with Gasteiger partial charge in [-0.25, -0.2) is 4.39 Å². The first-order valence-corrected chi connectivity index (χ1v) is 7.56. The third kappa shape index (κ3) is 4.47. The highest BCUT2D eigenvalue weighted by molar-refractivity contribution is 6.39. The van der Waals surface area contributed by atoms with Crippen LogP contribution in [0, 0.1) is 12.7 Å². The van der Waals surface area contributed by atoms with Crippen molar-refractivity contribution >= 4 is 17.5 Å². The number of rotatable bonds is 4. The quantitative estimate of drug-likeness (QED) is 0.743. The van der Waals surface area contributed by atoms with E-state index in [1.807, 2.05) is 0 Å². The van der Waals surface area contributed by atoms with Gasteiger partial charge in [-0.05, 0) is 49.7 Å². The molecule has 132 valence electrons. The van der Waals surface area contributed by atoms with Gasteiger partial charge in [0.05, 0.1) is 18.8 Å². The summed E-state index contributed by atoms with van der Waals surface area (Å²) in [4.78, 5) is 24.0. The molecule has 0 heterocycles. The molecule has 1 unspecified atom stereocenters. The summed E-state index contributed by atoms with van der Waals surface area (Å²) in [7, 11) is 1.48. The molecule has 1 atom stereocenters. The van der Waals surface area contributed by atoms with Crippen LogP contribution in [-0.2, 0) is 9.59 Å². The Morgan fingerprint density at radius 3 is 2.52 bits per heavy atom. The molecule has 0 aliphatic rings. The first-order valence-electron chi connectivity index (χ1n) is 7.56. The van der Waals surface area contributed by atoms with Crippen molar-refractivity contribution in [2.24, 2.45) is 0 Å². The van der Waals surface area contributed by atoms with Crippen LogP contribution in [-0.4, -0.2) is 24.0 Å². The molecule has 0 bridgehead atoms. The third-order valence-electron chi connectivity index (χ3n) is 3.63. The van der Waals surface area contributed by atoms with Crippen molar-refractivity contribution in [3.63, 3.8) is 0 Å². The molecular formula is C18H19FN2O4. The molecule has 2 aromatic carbocycles. The lowest BCUT2D eigenvalue weighted by molar-refractivity contribution is -0.136. The summed E-state index contributed by atoms with van der Waals surface area (Å²) in [6.45, 7) is 3.32. The monoisotopic (exact) mass is 346 g/mol. The number of phenolic OH excluding ortho intramolecular Hbond substituents is 1. The molecule has 2 amide bonds. The van der Waals surface area contributed by atoms with Crippen LogP contribution in [0.25, 0.3) is 0 Å². The van der Waals surface area contributed by atoms with E-state index in [1.54, 1.807) is 32.0 Å². The maximum atomic E-state index is 13.7. The Morgan fingerprint density at radius 2 is 1.88 bits per heavy atom. The molecule has 0 saturated carbocycles. The average Bonchev–Trinajstić information content (AvgIpc) is 2.57. The van der Waals surface area contributed by atoms with Gasteiger partial charge in [0.25, 0.3) is 0 Å². The number of halogens is 1. The number of benzene rings is 2. The number of ether oxygens (including phenoxy) is 1. The maximum Gasteiger partial charge on any atom is 0.313 e. The van der Waals surface area contributed by atoms with Crippen molar-refractivity contribution in [1.82, 2.24) is 5.32 Å². The SMILES string of the molecule is COc1ccc(O)c(C(C)NC(=O)C(=O)Nc2ccc(C)cc2F)c1. The standard InChI is InChI=1S/C18H19FN2O4/c1-10-4-6-15(14(19)8-10)21-18(24)17(23)20-11(2)13-9-12(25-3)5-7-16(13)22/h4-9,11,22H,1-3H3,(H,20,23)(H,21,24). The number of hydrogen-bond acceptors (Lipinski definition) is 4. The van der Waals surface area contributed by atoms with Crippen molar-refractivity contribution in [3.05, 3.63) is 53.3 Å². The van der Waals surface area contributed by atoms with Crippen LogP contribution in [0.15, 0.2) is 36.4 Å². The van der Waals surface area contributed by atoms with Gasteiger partial charge in [-0.3, -0.25) is 9.59 Å². The summed E-state index contributed by atoms with van der Waals surface area (Å²) in [5, 5.41) is 14.6. The number of aromatic hydroxyl groups is 1. The predicted molar refractivity (Wildman–Crippen MR) is 91.0 cm³/mol. The van der Waals surface area contributed by atoms with Crippen LogP contribution < -0.4 is 15.4 Å². The Bertz CT molecular complexity index is 808. The van der Waals surface area contributed by atoms with Crippen molar-refractivity contribution in [2.75, 3.05) is 12.4 Å². The van der Waals surface area contributed by atoms with Gasteiger partial charge in [0.15, 0.2) is 0 Å². The summed E-state index contributed by atoms with van der Waals surface area (Å²) in [6.07, 6.45) is 0. The smallest absolute Gasteiger partial charge is 0.313 e. The van der Waals surface area contributed by atoms with Gasteiger partial charge in [0, 0.05) is 5.56 Å². The van der Waals surface area contributed by atoms with Gasteiger partial charge in [0.1, 0.15) is 17.3 Å². The molecule has 0 aliphatic heterocycles. The molecule has 2 aromatic rings. The van der Waals surface area contributed by atoms with Crippen LogP contribution in [0.4, 0.5) is 10.1 Å². The van der Waals surface area contributed by atoms with Crippen molar-refractivity contribution in [1.29, 1.82) is 0 Å². The Morgan fingerprint density at radius 1 is 1.16 bits per heavy atom. The summed E-state index contributed by atoms with van der Waals surface area (Å²) < 4.78 is 18.8. The topological polar surface area (TPSA) is 87.7 Å². The second kappa shape index (κ2) is 7.65. The highest BCUT2D eigenvalue weighted by Crippen LogP contribution is 2.28. The third-order valence-corrected chi connectivity index (χ3v) is 3.63. The van der Waals surface area contributed by atoms with Gasteiger partial charge < -0.3 is 20.5 Å². The van der Waals surface area contributed by atoms with Gasteiger partial charge in [-0.2, -0.15) is 0 Å². The highest BCUT2D eigenvalue weighted by atomic mass is 19.1. The maximum absolute atomic E-state index is 13.7. The molecule has 2 rings (SSSR count). The van der Waals surface area contributed by atoms with E-state index < -0.39 is 23.7 Å². The first-order chi connectivity index (χ1) is 11.8. The number of carbonyl (C=O) groups is 2. The second-order valence-corrected chi connectivity index (χ2v) is 5.56. The van der Waals surface area contributed by atoms with E-state index in [9.17, 15) is 19.1 Å². The van der Waals surface area contributed by atoms with E-state index in [4.69, 9.17) is 4.74 Å². The highest BCUT2D eigenvalue weighted by Gasteiger charge is 2.20. The molecule has 6 nitrogen and oxygen atoms in total. The van der Waals surface area contributed by atoms with Gasteiger partial charge in [-0.1, -0.05) is 6.07 Å². The zero-order valence-electron chi connectivity index (χ0n) is 14.1. The van der Waals surface area contributed by atoms with Crippen LogP contribution in [0.3, 0.4) is 0 Å². The Labute approximate surface area is 144 Å². The number of carbonyl (C=O) groups excluding carboxylic acids is 2. The number of phenols is 1. The molecule has 3 N–H and O–H groups in total.